The van der Waals surface area contributed by atoms with Crippen LogP contribution in [0, 0.1) is 0 Å². The maximum absolute atomic E-state index is 12.5. The minimum atomic E-state index is -4.35. The van der Waals surface area contributed by atoms with Gasteiger partial charge < -0.3 is 15.4 Å². The fourth-order valence-electron chi connectivity index (χ4n) is 2.30. The van der Waals surface area contributed by atoms with Crippen LogP contribution in [-0.2, 0) is 15.7 Å². The van der Waals surface area contributed by atoms with E-state index in [1.807, 2.05) is 0 Å². The number of carbonyl (C=O) groups is 1. The molecule has 1 aromatic carbocycles. The first-order valence-electron chi connectivity index (χ1n) is 7.15. The van der Waals surface area contributed by atoms with E-state index in [1.54, 1.807) is 6.92 Å². The number of rotatable bonds is 4. The van der Waals surface area contributed by atoms with Gasteiger partial charge in [0, 0.05) is 13.1 Å². The number of morpholine rings is 1. The quantitative estimate of drug-likeness (QED) is 0.876. The second kappa shape index (κ2) is 8.52. The molecule has 1 amide bonds. The van der Waals surface area contributed by atoms with Crippen molar-refractivity contribution in [3.63, 3.8) is 0 Å². The smallest absolute Gasteiger partial charge is 0.375 e. The molecule has 0 radical (unpaired) electrons. The molecule has 1 heterocycles. The Bertz CT molecular complexity index is 502. The number of hydrogen-bond donors (Lipinski definition) is 2. The molecule has 2 rings (SSSR count). The molecule has 8 heteroatoms. The lowest BCUT2D eigenvalue weighted by Crippen LogP contribution is -2.41. The van der Waals surface area contributed by atoms with Gasteiger partial charge in [-0.1, -0.05) is 12.1 Å². The highest BCUT2D eigenvalue weighted by Crippen LogP contribution is 2.29. The minimum absolute atomic E-state index is 0. The lowest BCUT2D eigenvalue weighted by molar-refractivity contribution is -0.137. The molecule has 0 aliphatic carbocycles. The monoisotopic (exact) mass is 352 g/mol. The van der Waals surface area contributed by atoms with Gasteiger partial charge in [0.05, 0.1) is 30.7 Å². The number of ether oxygens (including phenoxy) is 1. The van der Waals surface area contributed by atoms with Crippen molar-refractivity contribution in [2.24, 2.45) is 0 Å². The Morgan fingerprint density at radius 3 is 2.57 bits per heavy atom. The number of halogens is 4. The van der Waals surface area contributed by atoms with Crippen molar-refractivity contribution < 1.29 is 22.7 Å². The van der Waals surface area contributed by atoms with Crippen LogP contribution in [0.25, 0.3) is 0 Å². The van der Waals surface area contributed by atoms with Gasteiger partial charge in [0.2, 0.25) is 5.91 Å². The van der Waals surface area contributed by atoms with E-state index in [0.29, 0.717) is 18.7 Å². The first kappa shape index (κ1) is 19.7. The van der Waals surface area contributed by atoms with Crippen molar-refractivity contribution in [2.45, 2.75) is 31.7 Å². The van der Waals surface area contributed by atoms with Crippen LogP contribution in [0.4, 0.5) is 13.2 Å². The average molecular weight is 353 g/mol. The summed E-state index contributed by atoms with van der Waals surface area (Å²) < 4.78 is 42.9. The first-order valence-corrected chi connectivity index (χ1v) is 7.15. The number of nitrogens with one attached hydrogen (secondary N) is 2. The van der Waals surface area contributed by atoms with Crippen LogP contribution in [0.1, 0.15) is 30.5 Å². The largest absolute Gasteiger partial charge is 0.416 e. The molecule has 2 unspecified atom stereocenters. The van der Waals surface area contributed by atoms with Crippen molar-refractivity contribution in [3.8, 4) is 0 Å². The predicted molar refractivity (Wildman–Crippen MR) is 82.5 cm³/mol. The molecule has 1 aliphatic rings. The van der Waals surface area contributed by atoms with Gasteiger partial charge in [-0.05, 0) is 24.6 Å². The molecule has 23 heavy (non-hydrogen) atoms. The molecule has 1 saturated heterocycles. The van der Waals surface area contributed by atoms with Gasteiger partial charge >= 0.3 is 6.18 Å². The molecular formula is C15H20ClF3N2O2. The van der Waals surface area contributed by atoms with Gasteiger partial charge in [0.25, 0.3) is 0 Å². The van der Waals surface area contributed by atoms with Crippen LogP contribution < -0.4 is 10.6 Å². The fourth-order valence-corrected chi connectivity index (χ4v) is 2.30. The lowest BCUT2D eigenvalue weighted by Gasteiger charge is -2.24. The van der Waals surface area contributed by atoms with Gasteiger partial charge in [-0.3, -0.25) is 4.79 Å². The Labute approximate surface area is 139 Å². The average Bonchev–Trinajstić information content (AvgIpc) is 2.47. The molecule has 2 atom stereocenters. The Kier molecular flexibility index (Phi) is 7.31. The summed E-state index contributed by atoms with van der Waals surface area (Å²) in [6, 6.07) is 4.45. The minimum Gasteiger partial charge on any atom is -0.375 e. The predicted octanol–water partition coefficient (Wildman–Crippen LogP) is 2.68. The normalized spacial score (nSPS) is 19.6. The van der Waals surface area contributed by atoms with Gasteiger partial charge in [0.1, 0.15) is 0 Å². The van der Waals surface area contributed by atoms with E-state index in [9.17, 15) is 18.0 Å². The number of benzene rings is 1. The van der Waals surface area contributed by atoms with Crippen molar-refractivity contribution in [3.05, 3.63) is 35.4 Å². The second-order valence-electron chi connectivity index (χ2n) is 5.31. The Balaban J connectivity index is 0.00000264. The lowest BCUT2D eigenvalue weighted by atomic mass is 10.1. The summed E-state index contributed by atoms with van der Waals surface area (Å²) >= 11 is 0. The third kappa shape index (κ3) is 6.01. The molecule has 0 aromatic heterocycles. The molecule has 1 aromatic rings. The standard InChI is InChI=1S/C15H19F3N2O2.ClH/c1-10(11-2-4-12(5-3-11)15(16,17)18)20-14(21)8-13-9-19-6-7-22-13;/h2-5,10,13,19H,6-9H2,1H3,(H,20,21);1H. The zero-order valence-corrected chi connectivity index (χ0v) is 13.5. The Hall–Kier alpha value is -1.31. The molecule has 130 valence electrons. The van der Waals surface area contributed by atoms with Gasteiger partial charge in [-0.2, -0.15) is 13.2 Å². The molecule has 0 saturated carbocycles. The fraction of sp³-hybridized carbons (Fsp3) is 0.533. The summed E-state index contributed by atoms with van der Waals surface area (Å²) in [7, 11) is 0. The van der Waals surface area contributed by atoms with E-state index in [4.69, 9.17) is 4.74 Å². The number of carbonyl (C=O) groups excluding carboxylic acids is 1. The third-order valence-electron chi connectivity index (χ3n) is 3.53. The molecule has 2 N–H and O–H groups in total. The van der Waals surface area contributed by atoms with E-state index in [0.717, 1.165) is 18.7 Å². The summed E-state index contributed by atoms with van der Waals surface area (Å²) in [5.41, 5.74) is -0.0690. The second-order valence-corrected chi connectivity index (χ2v) is 5.31. The summed E-state index contributed by atoms with van der Waals surface area (Å²) in [6.07, 6.45) is -4.28. The highest BCUT2D eigenvalue weighted by atomic mass is 35.5. The van der Waals surface area contributed by atoms with Crippen molar-refractivity contribution in [1.29, 1.82) is 0 Å². The molecule has 0 bridgehead atoms. The van der Waals surface area contributed by atoms with Crippen LogP contribution in [0.15, 0.2) is 24.3 Å². The summed E-state index contributed by atoms with van der Waals surface area (Å²) in [5.74, 6) is -0.180. The van der Waals surface area contributed by atoms with E-state index in [-0.39, 0.29) is 36.9 Å². The summed E-state index contributed by atoms with van der Waals surface area (Å²) in [6.45, 7) is 3.72. The van der Waals surface area contributed by atoms with Crippen LogP contribution >= 0.6 is 12.4 Å². The van der Waals surface area contributed by atoms with Crippen LogP contribution in [0.3, 0.4) is 0 Å². The van der Waals surface area contributed by atoms with Crippen LogP contribution in [0.5, 0.6) is 0 Å². The van der Waals surface area contributed by atoms with E-state index in [1.165, 1.54) is 12.1 Å². The maximum Gasteiger partial charge on any atom is 0.416 e. The van der Waals surface area contributed by atoms with Crippen LogP contribution in [-0.4, -0.2) is 31.7 Å². The van der Waals surface area contributed by atoms with Crippen molar-refractivity contribution in [2.75, 3.05) is 19.7 Å². The highest BCUT2D eigenvalue weighted by Gasteiger charge is 2.30. The van der Waals surface area contributed by atoms with Gasteiger partial charge in [-0.15, -0.1) is 12.4 Å². The number of alkyl halides is 3. The third-order valence-corrected chi connectivity index (χ3v) is 3.53. The van der Waals surface area contributed by atoms with Crippen molar-refractivity contribution >= 4 is 18.3 Å². The number of hydrogen-bond acceptors (Lipinski definition) is 3. The first-order chi connectivity index (χ1) is 10.4. The van der Waals surface area contributed by atoms with E-state index < -0.39 is 11.7 Å². The molecular weight excluding hydrogens is 333 g/mol. The van der Waals surface area contributed by atoms with Crippen LogP contribution in [0.2, 0.25) is 0 Å². The number of amides is 1. The summed E-state index contributed by atoms with van der Waals surface area (Å²) in [5, 5.41) is 5.91. The molecule has 1 fully saturated rings. The Morgan fingerprint density at radius 1 is 1.39 bits per heavy atom. The van der Waals surface area contributed by atoms with Gasteiger partial charge in [0.15, 0.2) is 0 Å². The Morgan fingerprint density at radius 2 is 2.04 bits per heavy atom. The zero-order valence-electron chi connectivity index (χ0n) is 12.7. The zero-order chi connectivity index (χ0) is 16.2. The molecule has 1 aliphatic heterocycles. The molecule has 4 nitrogen and oxygen atoms in total. The van der Waals surface area contributed by atoms with E-state index >= 15 is 0 Å². The van der Waals surface area contributed by atoms with Crippen molar-refractivity contribution in [1.82, 2.24) is 10.6 Å². The molecule has 0 spiro atoms. The maximum atomic E-state index is 12.5. The SMILES string of the molecule is CC(NC(=O)CC1CNCCO1)c1ccc(C(F)(F)F)cc1.Cl. The highest BCUT2D eigenvalue weighted by molar-refractivity contribution is 5.85. The summed E-state index contributed by atoms with van der Waals surface area (Å²) in [4.78, 5) is 11.9. The van der Waals surface area contributed by atoms with E-state index in [2.05, 4.69) is 10.6 Å². The van der Waals surface area contributed by atoms with Gasteiger partial charge in [-0.25, -0.2) is 0 Å². The topological polar surface area (TPSA) is 50.4 Å².